The van der Waals surface area contributed by atoms with Crippen LogP contribution in [-0.4, -0.2) is 13.2 Å². The van der Waals surface area contributed by atoms with Gasteiger partial charge in [-0.15, -0.1) is 0 Å². The minimum Gasteiger partial charge on any atom is -0.491 e. The number of benzene rings is 2. The van der Waals surface area contributed by atoms with E-state index >= 15 is 0 Å². The highest BCUT2D eigenvalue weighted by Crippen LogP contribution is 2.16. The molecular formula is C17H21NO. The maximum atomic E-state index is 5.75. The molecular weight excluding hydrogens is 234 g/mol. The van der Waals surface area contributed by atoms with E-state index in [-0.39, 0.29) is 0 Å². The largest absolute Gasteiger partial charge is 0.491 e. The molecule has 0 spiro atoms. The summed E-state index contributed by atoms with van der Waals surface area (Å²) in [6, 6.07) is 14.5. The molecule has 0 heterocycles. The average Bonchev–Trinajstić information content (AvgIpc) is 2.40. The van der Waals surface area contributed by atoms with Crippen molar-refractivity contribution in [3.63, 3.8) is 0 Å². The summed E-state index contributed by atoms with van der Waals surface area (Å²) in [5.41, 5.74) is 4.96. The molecule has 0 unspecified atom stereocenters. The summed E-state index contributed by atoms with van der Waals surface area (Å²) in [4.78, 5) is 0. The highest BCUT2D eigenvalue weighted by molar-refractivity contribution is 5.48. The van der Waals surface area contributed by atoms with Crippen LogP contribution in [0.4, 0.5) is 5.69 Å². The number of anilines is 1. The van der Waals surface area contributed by atoms with Gasteiger partial charge in [-0.05, 0) is 55.7 Å². The summed E-state index contributed by atoms with van der Waals surface area (Å²) in [5.74, 6) is 0.962. The Hall–Kier alpha value is -1.96. The van der Waals surface area contributed by atoms with Crippen molar-refractivity contribution in [1.82, 2.24) is 0 Å². The van der Waals surface area contributed by atoms with Crippen molar-refractivity contribution >= 4 is 5.69 Å². The molecule has 0 saturated heterocycles. The van der Waals surface area contributed by atoms with Gasteiger partial charge in [0.05, 0.1) is 0 Å². The summed E-state index contributed by atoms with van der Waals surface area (Å²) >= 11 is 0. The van der Waals surface area contributed by atoms with Crippen molar-refractivity contribution in [2.45, 2.75) is 20.8 Å². The quantitative estimate of drug-likeness (QED) is 0.812. The van der Waals surface area contributed by atoms with Crippen LogP contribution in [-0.2, 0) is 0 Å². The molecule has 2 nitrogen and oxygen atoms in total. The second-order valence-corrected chi connectivity index (χ2v) is 4.84. The molecule has 0 fully saturated rings. The fraction of sp³-hybridized carbons (Fsp3) is 0.294. The zero-order valence-electron chi connectivity index (χ0n) is 11.9. The van der Waals surface area contributed by atoms with E-state index in [0.29, 0.717) is 6.61 Å². The van der Waals surface area contributed by atoms with Gasteiger partial charge in [-0.2, -0.15) is 0 Å². The molecule has 0 bridgehead atoms. The zero-order valence-corrected chi connectivity index (χ0v) is 11.9. The van der Waals surface area contributed by atoms with Gasteiger partial charge >= 0.3 is 0 Å². The lowest BCUT2D eigenvalue weighted by Crippen LogP contribution is -2.12. The first-order valence-corrected chi connectivity index (χ1v) is 6.66. The lowest BCUT2D eigenvalue weighted by Gasteiger charge is -2.11. The van der Waals surface area contributed by atoms with Crippen LogP contribution < -0.4 is 10.1 Å². The van der Waals surface area contributed by atoms with Crippen molar-refractivity contribution in [3.05, 3.63) is 59.2 Å². The Morgan fingerprint density at radius 2 is 1.68 bits per heavy atom. The number of ether oxygens (including phenoxy) is 1. The lowest BCUT2D eigenvalue weighted by molar-refractivity contribution is 0.330. The molecule has 0 aliphatic rings. The summed E-state index contributed by atoms with van der Waals surface area (Å²) in [6.07, 6.45) is 0. The highest BCUT2D eigenvalue weighted by atomic mass is 16.5. The first-order chi connectivity index (χ1) is 9.16. The van der Waals surface area contributed by atoms with Gasteiger partial charge in [-0.1, -0.05) is 24.3 Å². The Morgan fingerprint density at radius 1 is 0.895 bits per heavy atom. The van der Waals surface area contributed by atoms with Gasteiger partial charge in [0.25, 0.3) is 0 Å². The van der Waals surface area contributed by atoms with Gasteiger partial charge in [0.15, 0.2) is 0 Å². The molecule has 0 amide bonds. The zero-order chi connectivity index (χ0) is 13.7. The molecule has 100 valence electrons. The van der Waals surface area contributed by atoms with Crippen LogP contribution >= 0.6 is 0 Å². The van der Waals surface area contributed by atoms with Gasteiger partial charge in [0.1, 0.15) is 12.4 Å². The van der Waals surface area contributed by atoms with Gasteiger partial charge < -0.3 is 10.1 Å². The summed E-state index contributed by atoms with van der Waals surface area (Å²) in [6.45, 7) is 7.78. The van der Waals surface area contributed by atoms with E-state index in [2.05, 4.69) is 50.4 Å². The average molecular weight is 255 g/mol. The van der Waals surface area contributed by atoms with E-state index in [1.807, 2.05) is 18.2 Å². The predicted molar refractivity (Wildman–Crippen MR) is 81.1 cm³/mol. The van der Waals surface area contributed by atoms with Crippen molar-refractivity contribution in [1.29, 1.82) is 0 Å². The monoisotopic (exact) mass is 255 g/mol. The molecule has 0 atom stereocenters. The molecule has 2 aromatic rings. The molecule has 2 heteroatoms. The summed E-state index contributed by atoms with van der Waals surface area (Å²) in [7, 11) is 0. The second-order valence-electron chi connectivity index (χ2n) is 4.84. The van der Waals surface area contributed by atoms with Crippen molar-refractivity contribution < 1.29 is 4.74 Å². The van der Waals surface area contributed by atoms with E-state index < -0.39 is 0 Å². The third kappa shape index (κ3) is 3.75. The highest BCUT2D eigenvalue weighted by Gasteiger charge is 1.98. The maximum Gasteiger partial charge on any atom is 0.122 e. The molecule has 0 aliphatic carbocycles. The van der Waals surface area contributed by atoms with Crippen molar-refractivity contribution in [3.8, 4) is 5.75 Å². The predicted octanol–water partition coefficient (Wildman–Crippen LogP) is 4.10. The minimum atomic E-state index is 0.664. The first kappa shape index (κ1) is 13.5. The Balaban J connectivity index is 1.81. The third-order valence-electron chi connectivity index (χ3n) is 3.29. The standard InChI is InChI=1S/C17H21NO/c1-13-8-9-16(12-15(13)3)18-10-11-19-17-7-5-4-6-14(17)2/h4-9,12,18H,10-11H2,1-3H3. The maximum absolute atomic E-state index is 5.75. The Morgan fingerprint density at radius 3 is 2.42 bits per heavy atom. The lowest BCUT2D eigenvalue weighted by atomic mass is 10.1. The smallest absolute Gasteiger partial charge is 0.122 e. The van der Waals surface area contributed by atoms with Gasteiger partial charge in [-0.25, -0.2) is 0 Å². The summed E-state index contributed by atoms with van der Waals surface area (Å²) in [5, 5.41) is 3.38. The Bertz CT molecular complexity index is 549. The van der Waals surface area contributed by atoms with E-state index in [4.69, 9.17) is 4.74 Å². The number of aryl methyl sites for hydroxylation is 3. The SMILES string of the molecule is Cc1ccc(NCCOc2ccccc2C)cc1C. The third-order valence-corrected chi connectivity index (χ3v) is 3.29. The van der Waals surface area contributed by atoms with Crippen LogP contribution in [0.25, 0.3) is 0 Å². The van der Waals surface area contributed by atoms with Gasteiger partial charge in [-0.3, -0.25) is 0 Å². The van der Waals surface area contributed by atoms with Gasteiger partial charge in [0.2, 0.25) is 0 Å². The van der Waals surface area contributed by atoms with Crippen molar-refractivity contribution in [2.24, 2.45) is 0 Å². The van der Waals surface area contributed by atoms with Crippen LogP contribution in [0.1, 0.15) is 16.7 Å². The van der Waals surface area contributed by atoms with Crippen molar-refractivity contribution in [2.75, 3.05) is 18.5 Å². The topological polar surface area (TPSA) is 21.3 Å². The van der Waals surface area contributed by atoms with Crippen LogP contribution in [0.2, 0.25) is 0 Å². The van der Waals surface area contributed by atoms with Crippen LogP contribution in [0.3, 0.4) is 0 Å². The molecule has 0 aromatic heterocycles. The van der Waals surface area contributed by atoms with Crippen LogP contribution in [0, 0.1) is 20.8 Å². The normalized spacial score (nSPS) is 10.3. The molecule has 2 rings (SSSR count). The first-order valence-electron chi connectivity index (χ1n) is 6.66. The van der Waals surface area contributed by atoms with E-state index in [1.54, 1.807) is 0 Å². The molecule has 0 radical (unpaired) electrons. The van der Waals surface area contributed by atoms with Crippen LogP contribution in [0.5, 0.6) is 5.75 Å². The minimum absolute atomic E-state index is 0.664. The number of para-hydroxylation sites is 1. The Kier molecular flexibility index (Phi) is 4.45. The number of rotatable bonds is 5. The second kappa shape index (κ2) is 6.28. The Labute approximate surface area is 115 Å². The number of hydrogen-bond acceptors (Lipinski definition) is 2. The van der Waals surface area contributed by atoms with E-state index in [1.165, 1.54) is 16.7 Å². The fourth-order valence-electron chi connectivity index (χ4n) is 1.93. The van der Waals surface area contributed by atoms with Crippen LogP contribution in [0.15, 0.2) is 42.5 Å². The molecule has 0 aliphatic heterocycles. The van der Waals surface area contributed by atoms with E-state index in [0.717, 1.165) is 18.0 Å². The molecule has 0 saturated carbocycles. The fourth-order valence-corrected chi connectivity index (χ4v) is 1.93. The van der Waals surface area contributed by atoms with Gasteiger partial charge in [0, 0.05) is 12.2 Å². The number of nitrogens with one attached hydrogen (secondary N) is 1. The van der Waals surface area contributed by atoms with E-state index in [9.17, 15) is 0 Å². The molecule has 2 aromatic carbocycles. The molecule has 19 heavy (non-hydrogen) atoms. The number of hydrogen-bond donors (Lipinski definition) is 1. The molecule has 1 N–H and O–H groups in total. The summed E-state index contributed by atoms with van der Waals surface area (Å²) < 4.78 is 5.75.